The van der Waals surface area contributed by atoms with E-state index in [0.717, 1.165) is 11.1 Å². The molecule has 1 unspecified atom stereocenters. The molecule has 1 aliphatic heterocycles. The van der Waals surface area contributed by atoms with Gasteiger partial charge in [-0.15, -0.1) is 3.89 Å². The summed E-state index contributed by atoms with van der Waals surface area (Å²) in [6.45, 7) is -0.247. The topological polar surface area (TPSA) is 80.2 Å². The van der Waals surface area contributed by atoms with Crippen LogP contribution in [0.25, 0.3) is 0 Å². The number of alkyl halides is 3. The fraction of sp³-hybridized carbons (Fsp3) is 0.500. The zero-order chi connectivity index (χ0) is 15.8. The first-order chi connectivity index (χ1) is 9.56. The van der Waals surface area contributed by atoms with Crippen LogP contribution in [0, 0.1) is 5.92 Å². The quantitative estimate of drug-likeness (QED) is 0.614. The van der Waals surface area contributed by atoms with Crippen LogP contribution in [0.2, 0.25) is 0 Å². The molecule has 1 aromatic heterocycles. The smallest absolute Gasteiger partial charge is 0.280 e. The van der Waals surface area contributed by atoms with Crippen LogP contribution >= 0.6 is 0 Å². The van der Waals surface area contributed by atoms with Crippen molar-refractivity contribution in [2.75, 3.05) is 17.2 Å². The molecule has 0 saturated carbocycles. The molecule has 1 atom stereocenters. The van der Waals surface area contributed by atoms with E-state index in [4.69, 9.17) is 0 Å². The summed E-state index contributed by atoms with van der Waals surface area (Å²) in [7, 11) is -4.77. The predicted molar refractivity (Wildman–Crippen MR) is 62.4 cm³/mol. The standard InChI is InChI=1S/C10H9F4N3O3S/c11-10(12,13)7-1-2-15-9(16-7)17-4-6(3-8(17)18)5-21(14,19)20/h1-2,6H,3-5H2. The molecule has 1 aliphatic rings. The molecule has 6 nitrogen and oxygen atoms in total. The molecule has 1 saturated heterocycles. The lowest BCUT2D eigenvalue weighted by Crippen LogP contribution is -2.28. The molecular weight excluding hydrogens is 318 g/mol. The second kappa shape index (κ2) is 5.20. The minimum absolute atomic E-state index is 0.247. The molecule has 2 heterocycles. The Balaban J connectivity index is 2.21. The van der Waals surface area contributed by atoms with Crippen molar-refractivity contribution < 1.29 is 30.3 Å². The van der Waals surface area contributed by atoms with Gasteiger partial charge in [-0.2, -0.15) is 21.6 Å². The number of rotatable bonds is 3. The third-order valence-electron chi connectivity index (χ3n) is 2.81. The molecule has 0 radical (unpaired) electrons. The number of nitrogens with zero attached hydrogens (tertiary/aromatic N) is 3. The maximum Gasteiger partial charge on any atom is 0.433 e. The Labute approximate surface area is 117 Å². The van der Waals surface area contributed by atoms with Crippen LogP contribution in [-0.4, -0.2) is 36.6 Å². The van der Waals surface area contributed by atoms with E-state index >= 15 is 0 Å². The number of hydrogen-bond acceptors (Lipinski definition) is 5. The predicted octanol–water partition coefficient (Wildman–Crippen LogP) is 1.15. The monoisotopic (exact) mass is 327 g/mol. The highest BCUT2D eigenvalue weighted by atomic mass is 32.3. The van der Waals surface area contributed by atoms with Gasteiger partial charge < -0.3 is 0 Å². The minimum atomic E-state index is -4.77. The second-order valence-corrected chi connectivity index (χ2v) is 5.93. The Morgan fingerprint density at radius 1 is 1.38 bits per heavy atom. The average molecular weight is 327 g/mol. The molecule has 11 heteroatoms. The summed E-state index contributed by atoms with van der Waals surface area (Å²) in [6, 6.07) is 0.646. The number of aromatic nitrogens is 2. The molecule has 1 aromatic rings. The van der Waals surface area contributed by atoms with Crippen molar-refractivity contribution in [2.45, 2.75) is 12.6 Å². The number of carbonyl (C=O) groups excluding carboxylic acids is 1. The summed E-state index contributed by atoms with van der Waals surface area (Å²) in [5, 5.41) is 0. The lowest BCUT2D eigenvalue weighted by atomic mass is 10.1. The molecule has 21 heavy (non-hydrogen) atoms. The van der Waals surface area contributed by atoms with E-state index in [9.17, 15) is 30.3 Å². The summed E-state index contributed by atoms with van der Waals surface area (Å²) in [5.41, 5.74) is -1.22. The second-order valence-electron chi connectivity index (χ2n) is 4.52. The molecule has 0 bridgehead atoms. The molecule has 116 valence electrons. The van der Waals surface area contributed by atoms with Gasteiger partial charge in [0.15, 0.2) is 0 Å². The third-order valence-corrected chi connectivity index (χ3v) is 3.68. The molecule has 0 aliphatic carbocycles. The minimum Gasteiger partial charge on any atom is -0.280 e. The van der Waals surface area contributed by atoms with Crippen LogP contribution in [0.1, 0.15) is 12.1 Å². The highest BCUT2D eigenvalue weighted by Crippen LogP contribution is 2.29. The Bertz CT molecular complexity index is 662. The van der Waals surface area contributed by atoms with E-state index < -0.39 is 45.6 Å². The van der Waals surface area contributed by atoms with Gasteiger partial charge in [-0.3, -0.25) is 9.69 Å². The summed E-state index contributed by atoms with van der Waals surface area (Å²) < 4.78 is 71.3. The van der Waals surface area contributed by atoms with Gasteiger partial charge in [-0.05, 0) is 6.07 Å². The highest BCUT2D eigenvalue weighted by molar-refractivity contribution is 7.86. The van der Waals surface area contributed by atoms with Crippen LogP contribution < -0.4 is 4.90 Å². The molecule has 0 spiro atoms. The normalized spacial score (nSPS) is 20.1. The summed E-state index contributed by atoms with van der Waals surface area (Å²) in [4.78, 5) is 19.3. The Morgan fingerprint density at radius 2 is 2.05 bits per heavy atom. The van der Waals surface area contributed by atoms with Gasteiger partial charge in [0.05, 0.1) is 5.75 Å². The first kappa shape index (κ1) is 15.6. The fourth-order valence-corrected chi connectivity index (χ4v) is 2.79. The maximum absolute atomic E-state index is 12.6. The molecule has 0 N–H and O–H groups in total. The maximum atomic E-state index is 12.6. The Morgan fingerprint density at radius 3 is 2.62 bits per heavy atom. The molecule has 2 rings (SSSR count). The van der Waals surface area contributed by atoms with Gasteiger partial charge in [0, 0.05) is 25.1 Å². The molecule has 0 aromatic carbocycles. The number of anilines is 1. The van der Waals surface area contributed by atoms with Gasteiger partial charge in [-0.25, -0.2) is 9.97 Å². The summed E-state index contributed by atoms with van der Waals surface area (Å²) >= 11 is 0. The van der Waals surface area contributed by atoms with Crippen LogP contribution in [0.3, 0.4) is 0 Å². The van der Waals surface area contributed by atoms with Crippen molar-refractivity contribution in [2.24, 2.45) is 5.92 Å². The van der Waals surface area contributed by atoms with Gasteiger partial charge in [0.2, 0.25) is 11.9 Å². The van der Waals surface area contributed by atoms with Crippen LogP contribution in [0.5, 0.6) is 0 Å². The molecule has 1 amide bonds. The van der Waals surface area contributed by atoms with Crippen molar-refractivity contribution in [1.29, 1.82) is 0 Å². The fourth-order valence-electron chi connectivity index (χ4n) is 2.00. The number of carbonyl (C=O) groups is 1. The van der Waals surface area contributed by atoms with Gasteiger partial charge in [-0.1, -0.05) is 0 Å². The van der Waals surface area contributed by atoms with E-state index in [1.165, 1.54) is 0 Å². The summed E-state index contributed by atoms with van der Waals surface area (Å²) in [6.07, 6.45) is -4.14. The molecule has 1 fully saturated rings. The van der Waals surface area contributed by atoms with E-state index in [2.05, 4.69) is 9.97 Å². The van der Waals surface area contributed by atoms with Gasteiger partial charge >= 0.3 is 16.4 Å². The van der Waals surface area contributed by atoms with E-state index in [-0.39, 0.29) is 13.0 Å². The number of hydrogen-bond donors (Lipinski definition) is 0. The summed E-state index contributed by atoms with van der Waals surface area (Å²) in [5.74, 6) is -2.84. The van der Waals surface area contributed by atoms with Crippen LogP contribution in [0.15, 0.2) is 12.3 Å². The third kappa shape index (κ3) is 3.86. The first-order valence-electron chi connectivity index (χ1n) is 5.69. The van der Waals surface area contributed by atoms with Crippen molar-refractivity contribution in [3.63, 3.8) is 0 Å². The van der Waals surface area contributed by atoms with Crippen LogP contribution in [-0.2, 0) is 21.2 Å². The SMILES string of the molecule is O=C1CC(CS(=O)(=O)F)CN1c1nccc(C(F)(F)F)n1. The first-order valence-corrected chi connectivity index (χ1v) is 7.24. The van der Waals surface area contributed by atoms with E-state index in [1.807, 2.05) is 0 Å². The van der Waals surface area contributed by atoms with E-state index in [0.29, 0.717) is 6.07 Å². The van der Waals surface area contributed by atoms with Crippen LogP contribution in [0.4, 0.5) is 23.0 Å². The Hall–Kier alpha value is -1.78. The van der Waals surface area contributed by atoms with Crippen molar-refractivity contribution in [3.8, 4) is 0 Å². The zero-order valence-electron chi connectivity index (χ0n) is 10.3. The number of amides is 1. The van der Waals surface area contributed by atoms with Gasteiger partial charge in [0.1, 0.15) is 5.69 Å². The number of halogens is 4. The highest BCUT2D eigenvalue weighted by Gasteiger charge is 2.37. The van der Waals surface area contributed by atoms with Crippen molar-refractivity contribution >= 4 is 22.1 Å². The zero-order valence-corrected chi connectivity index (χ0v) is 11.2. The van der Waals surface area contributed by atoms with Crippen molar-refractivity contribution in [1.82, 2.24) is 9.97 Å². The largest absolute Gasteiger partial charge is 0.433 e. The Kier molecular flexibility index (Phi) is 3.87. The van der Waals surface area contributed by atoms with Gasteiger partial charge in [0.25, 0.3) is 0 Å². The lowest BCUT2D eigenvalue weighted by Gasteiger charge is -2.15. The lowest BCUT2D eigenvalue weighted by molar-refractivity contribution is -0.141. The average Bonchev–Trinajstić information content (AvgIpc) is 2.67. The van der Waals surface area contributed by atoms with E-state index in [1.54, 1.807) is 0 Å². The van der Waals surface area contributed by atoms with Crippen molar-refractivity contribution in [3.05, 3.63) is 18.0 Å². The molecular formula is C10H9F4N3O3S.